The molecule has 10 heteroatoms. The summed E-state index contributed by atoms with van der Waals surface area (Å²) in [6, 6.07) is 17.5. The molecule has 2 N–H and O–H groups in total. The monoisotopic (exact) mass is 470 g/mol. The normalized spacial score (nSPS) is 11.4. The van der Waals surface area contributed by atoms with Crippen molar-refractivity contribution in [2.24, 2.45) is 0 Å². The number of amides is 2. The molecule has 0 aliphatic rings. The van der Waals surface area contributed by atoms with Gasteiger partial charge < -0.3 is 10.1 Å². The molecule has 1 aromatic heterocycles. The standard InChI is InChI=1S/C22H22N4O4S2/c1-15-25-26-22(32-15)24-19(27)12-30-21(29)18(14-31-13-16-8-4-2-5-9-16)23-20(28)17-10-6-3-7-11-17/h2-11,18H,12-14H2,1H3,(H,23,28)(H,24,26,27)/t18-/m1/s1. The van der Waals surface area contributed by atoms with Gasteiger partial charge in [-0.05, 0) is 24.6 Å². The third-order valence-corrected chi connectivity index (χ3v) is 6.00. The van der Waals surface area contributed by atoms with Crippen LogP contribution in [0.5, 0.6) is 0 Å². The molecule has 2 amide bonds. The second kappa shape index (κ2) is 12.0. The number of carbonyl (C=O) groups is 3. The van der Waals surface area contributed by atoms with Crippen molar-refractivity contribution in [3.8, 4) is 0 Å². The van der Waals surface area contributed by atoms with Gasteiger partial charge in [0, 0.05) is 17.1 Å². The van der Waals surface area contributed by atoms with Crippen LogP contribution in [-0.2, 0) is 20.1 Å². The quantitative estimate of drug-likeness (QED) is 0.438. The summed E-state index contributed by atoms with van der Waals surface area (Å²) in [6.07, 6.45) is 0. The summed E-state index contributed by atoms with van der Waals surface area (Å²) in [7, 11) is 0. The minimum Gasteiger partial charge on any atom is -0.454 e. The Bertz CT molecular complexity index is 1040. The van der Waals surface area contributed by atoms with Crippen LogP contribution in [0, 0.1) is 6.92 Å². The van der Waals surface area contributed by atoms with Crippen LogP contribution in [0.1, 0.15) is 20.9 Å². The number of rotatable bonds is 10. The highest BCUT2D eigenvalue weighted by molar-refractivity contribution is 7.98. The SMILES string of the molecule is Cc1nnc(NC(=O)COC(=O)[C@@H](CSCc2ccccc2)NC(=O)c2ccccc2)s1. The van der Waals surface area contributed by atoms with E-state index in [0.29, 0.717) is 27.2 Å². The molecular weight excluding hydrogens is 448 g/mol. The minimum absolute atomic E-state index is 0.295. The summed E-state index contributed by atoms with van der Waals surface area (Å²) in [5.74, 6) is -0.633. The molecule has 0 spiro atoms. The highest BCUT2D eigenvalue weighted by Crippen LogP contribution is 2.15. The maximum atomic E-state index is 12.7. The topological polar surface area (TPSA) is 110 Å². The molecule has 0 saturated carbocycles. The lowest BCUT2D eigenvalue weighted by Gasteiger charge is -2.17. The van der Waals surface area contributed by atoms with E-state index in [-0.39, 0.29) is 5.91 Å². The molecule has 3 aromatic rings. The number of hydrogen-bond acceptors (Lipinski definition) is 8. The van der Waals surface area contributed by atoms with E-state index in [2.05, 4.69) is 20.8 Å². The van der Waals surface area contributed by atoms with Crippen molar-refractivity contribution in [1.82, 2.24) is 15.5 Å². The van der Waals surface area contributed by atoms with E-state index in [1.165, 1.54) is 23.1 Å². The molecule has 0 fully saturated rings. The Kier molecular flexibility index (Phi) is 8.76. The van der Waals surface area contributed by atoms with Crippen molar-refractivity contribution in [3.63, 3.8) is 0 Å². The van der Waals surface area contributed by atoms with Gasteiger partial charge in [-0.3, -0.25) is 14.9 Å². The number of anilines is 1. The van der Waals surface area contributed by atoms with E-state index in [0.717, 1.165) is 5.56 Å². The fourth-order valence-electron chi connectivity index (χ4n) is 2.61. The van der Waals surface area contributed by atoms with Gasteiger partial charge in [0.15, 0.2) is 6.61 Å². The predicted molar refractivity (Wildman–Crippen MR) is 125 cm³/mol. The average Bonchev–Trinajstić information content (AvgIpc) is 3.22. The van der Waals surface area contributed by atoms with Gasteiger partial charge in [0.25, 0.3) is 11.8 Å². The fourth-order valence-corrected chi connectivity index (χ4v) is 4.22. The molecule has 0 aliphatic heterocycles. The van der Waals surface area contributed by atoms with Crippen LogP contribution in [0.25, 0.3) is 0 Å². The van der Waals surface area contributed by atoms with Crippen molar-refractivity contribution >= 4 is 46.0 Å². The van der Waals surface area contributed by atoms with Gasteiger partial charge in [-0.2, -0.15) is 11.8 Å². The Balaban J connectivity index is 1.57. The third kappa shape index (κ3) is 7.47. The molecule has 0 saturated heterocycles. The zero-order valence-electron chi connectivity index (χ0n) is 17.3. The Morgan fingerprint density at radius 1 is 1.03 bits per heavy atom. The number of aromatic nitrogens is 2. The maximum absolute atomic E-state index is 12.7. The first-order chi connectivity index (χ1) is 15.5. The molecule has 8 nitrogen and oxygen atoms in total. The van der Waals surface area contributed by atoms with Gasteiger partial charge >= 0.3 is 5.97 Å². The lowest BCUT2D eigenvalue weighted by atomic mass is 10.2. The van der Waals surface area contributed by atoms with Gasteiger partial charge in [-0.25, -0.2) is 4.79 Å². The molecule has 166 valence electrons. The van der Waals surface area contributed by atoms with E-state index < -0.39 is 24.5 Å². The highest BCUT2D eigenvalue weighted by atomic mass is 32.2. The van der Waals surface area contributed by atoms with Crippen LogP contribution in [0.3, 0.4) is 0 Å². The molecule has 0 radical (unpaired) electrons. The van der Waals surface area contributed by atoms with E-state index in [1.54, 1.807) is 37.3 Å². The van der Waals surface area contributed by atoms with Gasteiger partial charge in [0.2, 0.25) is 5.13 Å². The summed E-state index contributed by atoms with van der Waals surface area (Å²) in [4.78, 5) is 37.3. The zero-order valence-corrected chi connectivity index (χ0v) is 18.9. The van der Waals surface area contributed by atoms with Gasteiger partial charge in [-0.15, -0.1) is 10.2 Å². The molecule has 1 heterocycles. The second-order valence-electron chi connectivity index (χ2n) is 6.67. The summed E-state index contributed by atoms with van der Waals surface area (Å²) in [5, 5.41) is 13.9. The molecule has 32 heavy (non-hydrogen) atoms. The van der Waals surface area contributed by atoms with E-state index in [4.69, 9.17) is 4.74 Å². The molecule has 0 unspecified atom stereocenters. The number of ether oxygens (including phenoxy) is 1. The lowest BCUT2D eigenvalue weighted by molar-refractivity contribution is -0.148. The molecule has 2 aromatic carbocycles. The van der Waals surface area contributed by atoms with Gasteiger partial charge in [-0.1, -0.05) is 59.9 Å². The molecular formula is C22H22N4O4S2. The summed E-state index contributed by atoms with van der Waals surface area (Å²) < 4.78 is 5.16. The van der Waals surface area contributed by atoms with Crippen molar-refractivity contribution in [3.05, 3.63) is 76.8 Å². The van der Waals surface area contributed by atoms with Crippen LogP contribution in [0.4, 0.5) is 5.13 Å². The number of hydrogen-bond donors (Lipinski definition) is 2. The lowest BCUT2D eigenvalue weighted by Crippen LogP contribution is -2.44. The van der Waals surface area contributed by atoms with Crippen LogP contribution in [0.15, 0.2) is 60.7 Å². The number of benzene rings is 2. The Labute approximate surface area is 193 Å². The predicted octanol–water partition coefficient (Wildman–Crippen LogP) is 3.06. The number of aryl methyl sites for hydroxylation is 1. The molecule has 1 atom stereocenters. The Hall–Kier alpha value is -3.24. The minimum atomic E-state index is -0.909. The Morgan fingerprint density at radius 3 is 2.38 bits per heavy atom. The third-order valence-electron chi connectivity index (χ3n) is 4.14. The molecule has 0 aliphatic carbocycles. The number of nitrogens with zero attached hydrogens (tertiary/aromatic N) is 2. The van der Waals surface area contributed by atoms with Gasteiger partial charge in [0.05, 0.1) is 0 Å². The largest absolute Gasteiger partial charge is 0.454 e. The number of esters is 1. The first-order valence-corrected chi connectivity index (χ1v) is 11.7. The second-order valence-corrected chi connectivity index (χ2v) is 8.89. The fraction of sp³-hybridized carbons (Fsp3) is 0.227. The van der Waals surface area contributed by atoms with E-state index in [1.807, 2.05) is 30.3 Å². The van der Waals surface area contributed by atoms with Crippen LogP contribution in [0.2, 0.25) is 0 Å². The number of carbonyl (C=O) groups excluding carboxylic acids is 3. The average molecular weight is 471 g/mol. The molecule has 3 rings (SSSR count). The number of thioether (sulfide) groups is 1. The van der Waals surface area contributed by atoms with Crippen molar-refractivity contribution in [2.45, 2.75) is 18.7 Å². The van der Waals surface area contributed by atoms with E-state index in [9.17, 15) is 14.4 Å². The maximum Gasteiger partial charge on any atom is 0.330 e. The van der Waals surface area contributed by atoms with E-state index >= 15 is 0 Å². The summed E-state index contributed by atoms with van der Waals surface area (Å²) in [6.45, 7) is 1.28. The van der Waals surface area contributed by atoms with Gasteiger partial charge in [0.1, 0.15) is 11.0 Å². The smallest absolute Gasteiger partial charge is 0.330 e. The zero-order chi connectivity index (χ0) is 22.8. The Morgan fingerprint density at radius 2 is 1.72 bits per heavy atom. The first-order valence-electron chi connectivity index (χ1n) is 9.75. The van der Waals surface area contributed by atoms with Crippen LogP contribution in [-0.4, -0.2) is 46.4 Å². The summed E-state index contributed by atoms with van der Waals surface area (Å²) >= 11 is 2.70. The van der Waals surface area contributed by atoms with Crippen LogP contribution < -0.4 is 10.6 Å². The first kappa shape index (κ1) is 23.4. The van der Waals surface area contributed by atoms with Crippen molar-refractivity contribution in [1.29, 1.82) is 0 Å². The van der Waals surface area contributed by atoms with Crippen LogP contribution >= 0.6 is 23.1 Å². The summed E-state index contributed by atoms with van der Waals surface area (Å²) in [5.41, 5.74) is 1.54. The molecule has 0 bridgehead atoms. The van der Waals surface area contributed by atoms with Crippen molar-refractivity contribution < 1.29 is 19.1 Å². The highest BCUT2D eigenvalue weighted by Gasteiger charge is 2.24. The van der Waals surface area contributed by atoms with Crippen molar-refractivity contribution in [2.75, 3.05) is 17.7 Å². The number of nitrogens with one attached hydrogen (secondary N) is 2.